The van der Waals surface area contributed by atoms with Crippen LogP contribution in [0.2, 0.25) is 0 Å². The van der Waals surface area contributed by atoms with Gasteiger partial charge in [0.15, 0.2) is 0 Å². The highest BCUT2D eigenvalue weighted by atomic mass is 16.5. The van der Waals surface area contributed by atoms with Crippen molar-refractivity contribution in [2.45, 2.75) is 38.9 Å². The van der Waals surface area contributed by atoms with Gasteiger partial charge in [0.05, 0.1) is 12.2 Å². The second-order valence-corrected chi connectivity index (χ2v) is 5.83. The van der Waals surface area contributed by atoms with E-state index >= 15 is 0 Å². The molecule has 4 heteroatoms. The van der Waals surface area contributed by atoms with Gasteiger partial charge < -0.3 is 15.2 Å². The van der Waals surface area contributed by atoms with E-state index in [1.54, 1.807) is 14.2 Å². The van der Waals surface area contributed by atoms with Gasteiger partial charge in [-0.05, 0) is 37.8 Å². The van der Waals surface area contributed by atoms with E-state index in [2.05, 4.69) is 18.7 Å². The minimum absolute atomic E-state index is 0.219. The fraction of sp³-hybridized carbons (Fsp3) is 1.00. The summed E-state index contributed by atoms with van der Waals surface area (Å²) in [6.45, 7) is 8.39. The number of rotatable bonds is 8. The maximum atomic E-state index is 5.84. The third-order valence-corrected chi connectivity index (χ3v) is 3.89. The molecule has 18 heavy (non-hydrogen) atoms. The largest absolute Gasteiger partial charge is 0.377 e. The summed E-state index contributed by atoms with van der Waals surface area (Å²) in [6, 6.07) is 0. The van der Waals surface area contributed by atoms with Crippen LogP contribution in [0.1, 0.15) is 26.7 Å². The van der Waals surface area contributed by atoms with Crippen LogP contribution < -0.4 is 5.73 Å². The maximum absolute atomic E-state index is 5.84. The van der Waals surface area contributed by atoms with Gasteiger partial charge in [0.25, 0.3) is 0 Å². The molecule has 1 aliphatic heterocycles. The number of likely N-dealkylation sites (tertiary alicyclic amines) is 1. The predicted octanol–water partition coefficient (Wildman–Crippen LogP) is 1.34. The van der Waals surface area contributed by atoms with Gasteiger partial charge >= 0.3 is 0 Å². The van der Waals surface area contributed by atoms with Crippen molar-refractivity contribution in [3.8, 4) is 0 Å². The number of nitrogens with zero attached hydrogens (tertiary/aromatic N) is 1. The Morgan fingerprint density at radius 1 is 1.17 bits per heavy atom. The van der Waals surface area contributed by atoms with Gasteiger partial charge in [0.1, 0.15) is 0 Å². The minimum Gasteiger partial charge on any atom is -0.377 e. The lowest BCUT2D eigenvalue weighted by Gasteiger charge is -2.21. The summed E-state index contributed by atoms with van der Waals surface area (Å²) in [5, 5.41) is 0. The number of hydrogen-bond acceptors (Lipinski definition) is 4. The molecule has 0 saturated carbocycles. The normalized spacial score (nSPS) is 27.0. The molecule has 1 saturated heterocycles. The summed E-state index contributed by atoms with van der Waals surface area (Å²) in [7, 11) is 3.53. The Labute approximate surface area is 112 Å². The quantitative estimate of drug-likeness (QED) is 0.714. The van der Waals surface area contributed by atoms with E-state index in [0.717, 1.165) is 32.1 Å². The molecule has 0 radical (unpaired) electrons. The molecule has 2 N–H and O–H groups in total. The Hall–Kier alpha value is -0.160. The summed E-state index contributed by atoms with van der Waals surface area (Å²) in [6.07, 6.45) is 2.85. The van der Waals surface area contributed by atoms with Crippen molar-refractivity contribution in [3.63, 3.8) is 0 Å². The van der Waals surface area contributed by atoms with Crippen molar-refractivity contribution < 1.29 is 9.47 Å². The first-order valence-electron chi connectivity index (χ1n) is 7.08. The SMILES string of the molecule is COC1CN(CCC(CN)CC(C)C)CC1OC. The maximum Gasteiger partial charge on any atom is 0.0971 e. The number of ether oxygens (including phenoxy) is 2. The first-order valence-corrected chi connectivity index (χ1v) is 7.08. The van der Waals surface area contributed by atoms with Gasteiger partial charge in [-0.25, -0.2) is 0 Å². The highest BCUT2D eigenvalue weighted by Gasteiger charge is 2.32. The Kier molecular flexibility index (Phi) is 7.15. The van der Waals surface area contributed by atoms with Crippen molar-refractivity contribution in [1.29, 1.82) is 0 Å². The molecular formula is C14H30N2O2. The van der Waals surface area contributed by atoms with E-state index in [-0.39, 0.29) is 12.2 Å². The van der Waals surface area contributed by atoms with Gasteiger partial charge in [-0.1, -0.05) is 13.8 Å². The predicted molar refractivity (Wildman–Crippen MR) is 74.7 cm³/mol. The molecule has 0 aromatic rings. The molecule has 0 aromatic carbocycles. The summed E-state index contributed by atoms with van der Waals surface area (Å²) >= 11 is 0. The van der Waals surface area contributed by atoms with Crippen molar-refractivity contribution in [2.75, 3.05) is 40.4 Å². The highest BCUT2D eigenvalue weighted by molar-refractivity contribution is 4.85. The lowest BCUT2D eigenvalue weighted by Crippen LogP contribution is -2.27. The Bertz CT molecular complexity index is 212. The van der Waals surface area contributed by atoms with Gasteiger partial charge in [-0.15, -0.1) is 0 Å². The second kappa shape index (κ2) is 8.10. The lowest BCUT2D eigenvalue weighted by atomic mass is 9.94. The molecule has 0 aromatic heterocycles. The Morgan fingerprint density at radius 2 is 1.72 bits per heavy atom. The van der Waals surface area contributed by atoms with Crippen molar-refractivity contribution >= 4 is 0 Å². The molecule has 1 heterocycles. The van der Waals surface area contributed by atoms with Crippen LogP contribution >= 0.6 is 0 Å². The monoisotopic (exact) mass is 258 g/mol. The van der Waals surface area contributed by atoms with Crippen LogP contribution in [-0.4, -0.2) is 57.5 Å². The number of nitrogens with two attached hydrogens (primary N) is 1. The Balaban J connectivity index is 2.31. The van der Waals surface area contributed by atoms with E-state index < -0.39 is 0 Å². The average molecular weight is 258 g/mol. The van der Waals surface area contributed by atoms with E-state index in [1.165, 1.54) is 12.8 Å². The molecule has 0 bridgehead atoms. The van der Waals surface area contributed by atoms with Crippen LogP contribution in [0.15, 0.2) is 0 Å². The lowest BCUT2D eigenvalue weighted by molar-refractivity contribution is -0.00461. The molecule has 1 aliphatic rings. The van der Waals surface area contributed by atoms with E-state index in [4.69, 9.17) is 15.2 Å². The van der Waals surface area contributed by atoms with Gasteiger partial charge in [0.2, 0.25) is 0 Å². The fourth-order valence-corrected chi connectivity index (χ4v) is 2.82. The van der Waals surface area contributed by atoms with Crippen LogP contribution in [0, 0.1) is 11.8 Å². The van der Waals surface area contributed by atoms with Crippen LogP contribution in [-0.2, 0) is 9.47 Å². The summed E-state index contributed by atoms with van der Waals surface area (Å²) in [5.74, 6) is 1.38. The van der Waals surface area contributed by atoms with E-state index in [9.17, 15) is 0 Å². The zero-order valence-corrected chi connectivity index (χ0v) is 12.4. The third kappa shape index (κ3) is 4.84. The molecule has 0 spiro atoms. The first-order chi connectivity index (χ1) is 8.60. The molecule has 0 aliphatic carbocycles. The molecule has 3 atom stereocenters. The standard InChI is InChI=1S/C14H30N2O2/c1-11(2)7-12(8-15)5-6-16-9-13(17-3)14(10-16)18-4/h11-14H,5-10,15H2,1-4H3. The smallest absolute Gasteiger partial charge is 0.0971 e. The Morgan fingerprint density at radius 3 is 2.11 bits per heavy atom. The van der Waals surface area contributed by atoms with Gasteiger partial charge in [-0.3, -0.25) is 4.90 Å². The molecule has 0 amide bonds. The summed E-state index contributed by atoms with van der Waals surface area (Å²) in [5.41, 5.74) is 5.84. The second-order valence-electron chi connectivity index (χ2n) is 5.83. The molecule has 3 unspecified atom stereocenters. The van der Waals surface area contributed by atoms with Crippen molar-refractivity contribution in [1.82, 2.24) is 4.90 Å². The van der Waals surface area contributed by atoms with Gasteiger partial charge in [-0.2, -0.15) is 0 Å². The van der Waals surface area contributed by atoms with Crippen LogP contribution in [0.4, 0.5) is 0 Å². The van der Waals surface area contributed by atoms with Crippen LogP contribution in [0.25, 0.3) is 0 Å². The van der Waals surface area contributed by atoms with Crippen molar-refractivity contribution in [3.05, 3.63) is 0 Å². The van der Waals surface area contributed by atoms with Crippen LogP contribution in [0.5, 0.6) is 0 Å². The zero-order chi connectivity index (χ0) is 13.5. The molecule has 1 fully saturated rings. The number of methoxy groups -OCH3 is 2. The topological polar surface area (TPSA) is 47.7 Å². The van der Waals surface area contributed by atoms with E-state index in [0.29, 0.717) is 5.92 Å². The highest BCUT2D eigenvalue weighted by Crippen LogP contribution is 2.19. The molecule has 108 valence electrons. The van der Waals surface area contributed by atoms with Crippen molar-refractivity contribution in [2.24, 2.45) is 17.6 Å². The zero-order valence-electron chi connectivity index (χ0n) is 12.4. The first kappa shape index (κ1) is 15.9. The molecule has 1 rings (SSSR count). The van der Waals surface area contributed by atoms with Crippen LogP contribution in [0.3, 0.4) is 0 Å². The summed E-state index contributed by atoms with van der Waals surface area (Å²) in [4.78, 5) is 2.44. The third-order valence-electron chi connectivity index (χ3n) is 3.89. The number of hydrogen-bond donors (Lipinski definition) is 1. The minimum atomic E-state index is 0.219. The fourth-order valence-electron chi connectivity index (χ4n) is 2.82. The molecule has 4 nitrogen and oxygen atoms in total. The van der Waals surface area contributed by atoms with E-state index in [1.807, 2.05) is 0 Å². The summed E-state index contributed by atoms with van der Waals surface area (Å²) < 4.78 is 10.9. The average Bonchev–Trinajstić information content (AvgIpc) is 2.76. The van der Waals surface area contributed by atoms with Gasteiger partial charge in [0, 0.05) is 27.3 Å². The molecular weight excluding hydrogens is 228 g/mol.